The predicted octanol–water partition coefficient (Wildman–Crippen LogP) is 5.23. The molecule has 1 atom stereocenters. The van der Waals surface area contributed by atoms with E-state index in [1.54, 1.807) is 12.3 Å². The van der Waals surface area contributed by atoms with Crippen molar-refractivity contribution in [3.8, 4) is 22.6 Å². The van der Waals surface area contributed by atoms with Crippen LogP contribution in [-0.2, 0) is 22.7 Å². The van der Waals surface area contributed by atoms with Crippen molar-refractivity contribution >= 4 is 32.2 Å². The van der Waals surface area contributed by atoms with Gasteiger partial charge in [0.05, 0.1) is 28.9 Å². The Bertz CT molecular complexity index is 1800. The summed E-state index contributed by atoms with van der Waals surface area (Å²) >= 11 is 1.36. The number of carbonyl (C=O) groups excluding carboxylic acids is 1. The van der Waals surface area contributed by atoms with Gasteiger partial charge in [0.1, 0.15) is 10.7 Å². The first-order valence-electron chi connectivity index (χ1n) is 13.4. The third kappa shape index (κ3) is 5.82. The van der Waals surface area contributed by atoms with Gasteiger partial charge in [0, 0.05) is 29.3 Å². The second-order valence-electron chi connectivity index (χ2n) is 9.94. The molecule has 1 unspecified atom stereocenters. The topological polar surface area (TPSA) is 120 Å². The highest BCUT2D eigenvalue weighted by atomic mass is 32.2. The quantitative estimate of drug-likeness (QED) is 0.265. The van der Waals surface area contributed by atoms with E-state index in [1.165, 1.54) is 11.3 Å². The fourth-order valence-electron chi connectivity index (χ4n) is 5.12. The van der Waals surface area contributed by atoms with Gasteiger partial charge in [0.2, 0.25) is 5.13 Å². The van der Waals surface area contributed by atoms with E-state index in [0.29, 0.717) is 34.9 Å². The number of nitrogens with one attached hydrogen (secondary N) is 1. The summed E-state index contributed by atoms with van der Waals surface area (Å²) in [6.45, 7) is 1.99. The Morgan fingerprint density at radius 2 is 1.88 bits per heavy atom. The van der Waals surface area contributed by atoms with Gasteiger partial charge < -0.3 is 0 Å². The molecule has 0 aliphatic carbocycles. The lowest BCUT2D eigenvalue weighted by molar-refractivity contribution is 0.102. The van der Waals surface area contributed by atoms with Crippen molar-refractivity contribution in [2.24, 2.45) is 0 Å². The second kappa shape index (κ2) is 11.3. The fraction of sp³-hybridized carbons (Fsp3) is 0.233. The molecule has 1 saturated heterocycles. The Labute approximate surface area is 242 Å². The van der Waals surface area contributed by atoms with Crippen LogP contribution >= 0.6 is 11.3 Å². The van der Waals surface area contributed by atoms with E-state index in [-0.39, 0.29) is 23.5 Å². The van der Waals surface area contributed by atoms with Gasteiger partial charge in [0.25, 0.3) is 5.91 Å². The Morgan fingerprint density at radius 3 is 2.59 bits per heavy atom. The zero-order chi connectivity index (χ0) is 28.4. The van der Waals surface area contributed by atoms with Crippen LogP contribution in [0.3, 0.4) is 0 Å². The van der Waals surface area contributed by atoms with Crippen LogP contribution in [0.5, 0.6) is 0 Å². The highest BCUT2D eigenvalue weighted by molar-refractivity contribution is 7.91. The minimum Gasteiger partial charge on any atom is -0.296 e. The third-order valence-electron chi connectivity index (χ3n) is 7.08. The lowest BCUT2D eigenvalue weighted by Crippen LogP contribution is -2.14. The van der Waals surface area contributed by atoms with Gasteiger partial charge in [-0.25, -0.2) is 8.42 Å². The smallest absolute Gasteiger partial charge is 0.257 e. The average Bonchev–Trinajstić information content (AvgIpc) is 3.70. The first-order chi connectivity index (χ1) is 19.9. The molecule has 0 saturated carbocycles. The number of benzene rings is 2. The number of hydrogen-bond donors (Lipinski definition) is 1. The molecule has 1 aliphatic rings. The van der Waals surface area contributed by atoms with Gasteiger partial charge in [-0.1, -0.05) is 66.8 Å². The SMILES string of the molecule is CCc1nnc(NC(=O)c2cccc(Cc3c(-c4ccccn4)nn(C4CCS(=O)(=O)C4)c3-c3ccccc3)c2)s1. The van der Waals surface area contributed by atoms with Crippen molar-refractivity contribution in [1.29, 1.82) is 0 Å². The Kier molecular flexibility index (Phi) is 7.46. The maximum atomic E-state index is 13.1. The number of amides is 1. The molecule has 41 heavy (non-hydrogen) atoms. The van der Waals surface area contributed by atoms with Crippen molar-refractivity contribution in [2.45, 2.75) is 32.2 Å². The van der Waals surface area contributed by atoms with E-state index in [4.69, 9.17) is 5.10 Å². The molecule has 3 aromatic heterocycles. The first kappa shape index (κ1) is 27.0. The van der Waals surface area contributed by atoms with E-state index in [1.807, 2.05) is 78.3 Å². The van der Waals surface area contributed by atoms with E-state index in [9.17, 15) is 13.2 Å². The number of rotatable bonds is 8. The highest BCUT2D eigenvalue weighted by Crippen LogP contribution is 2.37. The lowest BCUT2D eigenvalue weighted by atomic mass is 9.96. The zero-order valence-corrected chi connectivity index (χ0v) is 24.0. The number of carbonyl (C=O) groups is 1. The molecular weight excluding hydrogens is 557 g/mol. The molecule has 0 spiro atoms. The van der Waals surface area contributed by atoms with Crippen LogP contribution in [-0.4, -0.2) is 50.8 Å². The van der Waals surface area contributed by atoms with Crippen LogP contribution in [0.25, 0.3) is 22.6 Å². The number of anilines is 1. The van der Waals surface area contributed by atoms with Crippen molar-refractivity contribution in [1.82, 2.24) is 25.0 Å². The minimum atomic E-state index is -3.14. The number of sulfone groups is 1. The number of pyridine rings is 1. The fourth-order valence-corrected chi connectivity index (χ4v) is 7.49. The molecule has 1 aliphatic heterocycles. The summed E-state index contributed by atoms with van der Waals surface area (Å²) in [7, 11) is -3.14. The normalized spacial score (nSPS) is 16.1. The van der Waals surface area contributed by atoms with E-state index < -0.39 is 9.84 Å². The third-order valence-corrected chi connectivity index (χ3v) is 9.81. The van der Waals surface area contributed by atoms with Gasteiger partial charge in [-0.3, -0.25) is 19.8 Å². The maximum absolute atomic E-state index is 13.1. The average molecular weight is 585 g/mol. The Morgan fingerprint density at radius 1 is 1.05 bits per heavy atom. The van der Waals surface area contributed by atoms with Gasteiger partial charge >= 0.3 is 0 Å². The molecule has 0 bridgehead atoms. The van der Waals surface area contributed by atoms with Crippen molar-refractivity contribution in [3.05, 3.63) is 101 Å². The van der Waals surface area contributed by atoms with Crippen LogP contribution in [0.1, 0.15) is 45.9 Å². The predicted molar refractivity (Wildman–Crippen MR) is 160 cm³/mol. The van der Waals surface area contributed by atoms with Crippen molar-refractivity contribution in [3.63, 3.8) is 0 Å². The summed E-state index contributed by atoms with van der Waals surface area (Å²) in [4.78, 5) is 17.7. The van der Waals surface area contributed by atoms with Crippen LogP contribution in [0.4, 0.5) is 5.13 Å². The number of aromatic nitrogens is 5. The first-order valence-corrected chi connectivity index (χ1v) is 16.1. The number of hydrogen-bond acceptors (Lipinski definition) is 8. The van der Waals surface area contributed by atoms with Gasteiger partial charge in [-0.2, -0.15) is 5.10 Å². The summed E-state index contributed by atoms with van der Waals surface area (Å²) in [5.74, 6) is -0.0620. The van der Waals surface area contributed by atoms with Crippen LogP contribution < -0.4 is 5.32 Å². The molecule has 6 rings (SSSR count). The summed E-state index contributed by atoms with van der Waals surface area (Å²) in [5, 5.41) is 17.3. The summed E-state index contributed by atoms with van der Waals surface area (Å²) in [6, 6.07) is 22.8. The molecular formula is C30H28N6O3S2. The van der Waals surface area contributed by atoms with E-state index in [0.717, 1.165) is 33.8 Å². The van der Waals surface area contributed by atoms with Crippen LogP contribution in [0.2, 0.25) is 0 Å². The summed E-state index contributed by atoms with van der Waals surface area (Å²) in [5.41, 5.74) is 5.56. The molecule has 11 heteroatoms. The zero-order valence-electron chi connectivity index (χ0n) is 22.4. The molecule has 1 N–H and O–H groups in total. The summed E-state index contributed by atoms with van der Waals surface area (Å²) < 4.78 is 26.8. The highest BCUT2D eigenvalue weighted by Gasteiger charge is 2.33. The molecule has 2 aromatic carbocycles. The van der Waals surface area contributed by atoms with E-state index in [2.05, 4.69) is 20.5 Å². The van der Waals surface area contributed by atoms with Gasteiger partial charge in [-0.05, 0) is 42.7 Å². The number of nitrogens with zero attached hydrogens (tertiary/aromatic N) is 5. The minimum absolute atomic E-state index is 0.0522. The number of aryl methyl sites for hydroxylation is 1. The molecule has 9 nitrogen and oxygen atoms in total. The van der Waals surface area contributed by atoms with Crippen LogP contribution in [0.15, 0.2) is 79.0 Å². The largest absolute Gasteiger partial charge is 0.296 e. The van der Waals surface area contributed by atoms with Gasteiger partial charge in [0.15, 0.2) is 9.84 Å². The maximum Gasteiger partial charge on any atom is 0.257 e. The molecule has 1 amide bonds. The van der Waals surface area contributed by atoms with Gasteiger partial charge in [-0.15, -0.1) is 10.2 Å². The Balaban J connectivity index is 1.43. The monoisotopic (exact) mass is 584 g/mol. The molecule has 4 heterocycles. The standard InChI is InChI=1S/C30H28N6O3S2/c1-2-26-33-34-30(40-26)32-29(37)22-12-8-9-20(17-22)18-24-27(25-13-6-7-15-31-25)35-36(23-14-16-41(38,39)19-23)28(24)21-10-4-3-5-11-21/h3-13,15,17,23H,2,14,16,18-19H2,1H3,(H,32,34,37). The second-order valence-corrected chi connectivity index (χ2v) is 13.2. The molecule has 0 radical (unpaired) electrons. The molecule has 5 aromatic rings. The molecule has 208 valence electrons. The van der Waals surface area contributed by atoms with Crippen molar-refractivity contribution in [2.75, 3.05) is 16.8 Å². The molecule has 1 fully saturated rings. The lowest BCUT2D eigenvalue weighted by Gasteiger charge is -2.15. The van der Waals surface area contributed by atoms with E-state index >= 15 is 0 Å². The Hall–Kier alpha value is -4.22. The summed E-state index contributed by atoms with van der Waals surface area (Å²) in [6.07, 6.45) is 3.45. The van der Waals surface area contributed by atoms with Crippen LogP contribution in [0, 0.1) is 0 Å². The van der Waals surface area contributed by atoms with Crippen molar-refractivity contribution < 1.29 is 13.2 Å².